The maximum Gasteiger partial charge on any atom is 0.139 e. The number of carbonyl (C=O) groups is 1. The van der Waals surface area contributed by atoms with Crippen molar-refractivity contribution in [3.8, 4) is 0 Å². The molecule has 0 aromatic rings. The average Bonchev–Trinajstić information content (AvgIpc) is 2.35. The van der Waals surface area contributed by atoms with Gasteiger partial charge in [0.05, 0.1) is 6.10 Å². The van der Waals surface area contributed by atoms with Crippen LogP contribution in [-0.4, -0.2) is 28.7 Å². The summed E-state index contributed by atoms with van der Waals surface area (Å²) in [7, 11) is 0. The Hall–Kier alpha value is -0.410. The molecule has 0 spiro atoms. The van der Waals surface area contributed by atoms with E-state index in [4.69, 9.17) is 5.11 Å². The fourth-order valence-electron chi connectivity index (χ4n) is 4.44. The number of hydrogen-bond acceptors (Lipinski definition) is 3. The van der Waals surface area contributed by atoms with Crippen LogP contribution in [0.1, 0.15) is 58.8 Å². The molecule has 2 rings (SSSR count). The van der Waals surface area contributed by atoms with Gasteiger partial charge in [0.25, 0.3) is 0 Å². The number of Topliss-reactive ketones (excluding diaryl/α,β-unsaturated/α-hetero) is 1. The molecule has 0 unspecified atom stereocenters. The molecule has 2 aliphatic rings. The first-order valence-corrected chi connectivity index (χ1v) is 7.27. The second kappa shape index (κ2) is 4.93. The van der Waals surface area contributed by atoms with Gasteiger partial charge in [0, 0.05) is 18.4 Å². The molecule has 0 radical (unpaired) electrons. The van der Waals surface area contributed by atoms with Crippen molar-refractivity contribution in [1.82, 2.24) is 0 Å². The summed E-state index contributed by atoms with van der Waals surface area (Å²) in [6.45, 7) is 4.38. The Morgan fingerprint density at radius 2 is 2.06 bits per heavy atom. The molecule has 3 nitrogen and oxygen atoms in total. The van der Waals surface area contributed by atoms with Gasteiger partial charge < -0.3 is 10.2 Å². The molecule has 0 heterocycles. The maximum atomic E-state index is 12.3. The Balaban J connectivity index is 2.28. The minimum Gasteiger partial charge on any atom is -0.396 e. The molecule has 0 bridgehead atoms. The first-order valence-electron chi connectivity index (χ1n) is 7.27. The first-order chi connectivity index (χ1) is 8.45. The Labute approximate surface area is 110 Å². The summed E-state index contributed by atoms with van der Waals surface area (Å²) in [5, 5.41) is 19.5. The maximum absolute atomic E-state index is 12.3. The van der Waals surface area contributed by atoms with Crippen LogP contribution in [0.25, 0.3) is 0 Å². The summed E-state index contributed by atoms with van der Waals surface area (Å²) in [4.78, 5) is 12.3. The van der Waals surface area contributed by atoms with Crippen molar-refractivity contribution in [3.05, 3.63) is 0 Å². The highest BCUT2D eigenvalue weighted by Gasteiger charge is 2.56. The highest BCUT2D eigenvalue weighted by Crippen LogP contribution is 2.57. The van der Waals surface area contributed by atoms with Crippen LogP contribution in [0.15, 0.2) is 0 Å². The van der Waals surface area contributed by atoms with Crippen LogP contribution >= 0.6 is 0 Å². The molecule has 3 heteroatoms. The summed E-state index contributed by atoms with van der Waals surface area (Å²) in [6, 6.07) is 0. The smallest absolute Gasteiger partial charge is 0.139 e. The van der Waals surface area contributed by atoms with Crippen molar-refractivity contribution in [2.75, 3.05) is 6.61 Å². The van der Waals surface area contributed by atoms with Crippen molar-refractivity contribution in [2.45, 2.75) is 64.9 Å². The molecule has 2 aliphatic carbocycles. The third-order valence-electron chi connectivity index (χ3n) is 5.67. The third kappa shape index (κ3) is 2.01. The highest BCUT2D eigenvalue weighted by atomic mass is 16.3. The van der Waals surface area contributed by atoms with E-state index in [1.165, 1.54) is 0 Å². The zero-order valence-electron chi connectivity index (χ0n) is 11.6. The minimum absolute atomic E-state index is 0.166. The van der Waals surface area contributed by atoms with Crippen molar-refractivity contribution < 1.29 is 15.0 Å². The molecule has 2 saturated carbocycles. The number of carbonyl (C=O) groups excluding carboxylic acids is 1. The van der Waals surface area contributed by atoms with Crippen LogP contribution in [0.2, 0.25) is 0 Å². The first kappa shape index (κ1) is 14.0. The molecular weight excluding hydrogens is 228 g/mol. The van der Waals surface area contributed by atoms with E-state index in [2.05, 4.69) is 13.8 Å². The number of fused-ring (bicyclic) bond motifs is 1. The lowest BCUT2D eigenvalue weighted by atomic mass is 9.49. The van der Waals surface area contributed by atoms with Gasteiger partial charge in [-0.2, -0.15) is 0 Å². The van der Waals surface area contributed by atoms with Crippen LogP contribution in [0.4, 0.5) is 0 Å². The molecule has 0 amide bonds. The molecule has 0 saturated heterocycles. The van der Waals surface area contributed by atoms with Gasteiger partial charge in [-0.05, 0) is 49.9 Å². The van der Waals surface area contributed by atoms with Crippen molar-refractivity contribution in [1.29, 1.82) is 0 Å². The zero-order chi connectivity index (χ0) is 13.4. The largest absolute Gasteiger partial charge is 0.396 e. The molecule has 0 aliphatic heterocycles. The van der Waals surface area contributed by atoms with Crippen LogP contribution in [0.5, 0.6) is 0 Å². The quantitative estimate of drug-likeness (QED) is 0.812. The van der Waals surface area contributed by atoms with Gasteiger partial charge in [-0.1, -0.05) is 13.8 Å². The number of rotatable bonds is 3. The molecule has 4 atom stereocenters. The van der Waals surface area contributed by atoms with Crippen LogP contribution in [-0.2, 0) is 4.79 Å². The van der Waals surface area contributed by atoms with E-state index in [0.29, 0.717) is 18.6 Å². The Morgan fingerprint density at radius 3 is 2.72 bits per heavy atom. The van der Waals surface area contributed by atoms with E-state index in [1.54, 1.807) is 0 Å². The van der Waals surface area contributed by atoms with Gasteiger partial charge in [-0.25, -0.2) is 0 Å². The lowest BCUT2D eigenvalue weighted by Crippen LogP contribution is -2.55. The fourth-order valence-corrected chi connectivity index (χ4v) is 4.44. The van der Waals surface area contributed by atoms with Crippen molar-refractivity contribution >= 4 is 5.78 Å². The van der Waals surface area contributed by atoms with Crippen LogP contribution in [0, 0.1) is 16.7 Å². The fraction of sp³-hybridized carbons (Fsp3) is 0.933. The van der Waals surface area contributed by atoms with E-state index >= 15 is 0 Å². The summed E-state index contributed by atoms with van der Waals surface area (Å²) >= 11 is 0. The normalized spacial score (nSPS) is 44.8. The van der Waals surface area contributed by atoms with Crippen LogP contribution < -0.4 is 0 Å². The molecular formula is C15H26O3. The Kier molecular flexibility index (Phi) is 3.84. The number of aliphatic hydroxyl groups is 2. The van der Waals surface area contributed by atoms with Crippen molar-refractivity contribution in [3.63, 3.8) is 0 Å². The van der Waals surface area contributed by atoms with Crippen LogP contribution in [0.3, 0.4) is 0 Å². The van der Waals surface area contributed by atoms with Gasteiger partial charge >= 0.3 is 0 Å². The molecule has 104 valence electrons. The summed E-state index contributed by atoms with van der Waals surface area (Å²) < 4.78 is 0. The topological polar surface area (TPSA) is 57.5 Å². The minimum atomic E-state index is -0.326. The van der Waals surface area contributed by atoms with E-state index in [1.807, 2.05) is 0 Å². The monoisotopic (exact) mass is 254 g/mol. The highest BCUT2D eigenvalue weighted by molar-refractivity contribution is 5.85. The van der Waals surface area contributed by atoms with Gasteiger partial charge in [0.1, 0.15) is 5.78 Å². The molecule has 0 aromatic carbocycles. The molecule has 0 aromatic heterocycles. The molecule has 2 N–H and O–H groups in total. The van der Waals surface area contributed by atoms with E-state index in [0.717, 1.165) is 32.1 Å². The number of hydrogen-bond donors (Lipinski definition) is 2. The van der Waals surface area contributed by atoms with Crippen molar-refractivity contribution in [2.24, 2.45) is 16.7 Å². The second-order valence-corrected chi connectivity index (χ2v) is 6.67. The SMILES string of the molecule is C[C@@]1(CCCO)[C@H](O)CC[C@@]2(C)C(=O)CCC[C@@H]12. The lowest BCUT2D eigenvalue weighted by Gasteiger charge is -2.56. The predicted octanol–water partition coefficient (Wildman–Crippen LogP) is 2.30. The van der Waals surface area contributed by atoms with E-state index in [-0.39, 0.29) is 29.5 Å². The Bertz CT molecular complexity index is 328. The van der Waals surface area contributed by atoms with Gasteiger partial charge in [0.15, 0.2) is 0 Å². The summed E-state index contributed by atoms with van der Waals surface area (Å²) in [5.41, 5.74) is -0.437. The third-order valence-corrected chi connectivity index (χ3v) is 5.67. The number of ketones is 1. The van der Waals surface area contributed by atoms with E-state index in [9.17, 15) is 9.90 Å². The lowest BCUT2D eigenvalue weighted by molar-refractivity contribution is -0.158. The summed E-state index contributed by atoms with van der Waals surface area (Å²) in [6.07, 6.45) is 5.47. The second-order valence-electron chi connectivity index (χ2n) is 6.67. The van der Waals surface area contributed by atoms with Gasteiger partial charge in [-0.15, -0.1) is 0 Å². The molecule has 18 heavy (non-hydrogen) atoms. The van der Waals surface area contributed by atoms with E-state index < -0.39 is 0 Å². The zero-order valence-corrected chi connectivity index (χ0v) is 11.6. The Morgan fingerprint density at radius 1 is 1.33 bits per heavy atom. The number of aliphatic hydroxyl groups excluding tert-OH is 2. The van der Waals surface area contributed by atoms with Gasteiger partial charge in [-0.3, -0.25) is 4.79 Å². The average molecular weight is 254 g/mol. The predicted molar refractivity (Wildman–Crippen MR) is 70.1 cm³/mol. The molecule has 2 fully saturated rings. The standard InChI is InChI=1S/C15H26O3/c1-14(8-4-10-16)11-5-3-6-12(17)15(11,2)9-7-13(14)18/h11,13,16,18H,3-10H2,1-2H3/t11-,13+,14-,15+/m0/s1. The van der Waals surface area contributed by atoms with Gasteiger partial charge in [0.2, 0.25) is 0 Å². The summed E-state index contributed by atoms with van der Waals surface area (Å²) in [5.74, 6) is 0.669.